The zero-order chi connectivity index (χ0) is 24.6. The zero-order valence-corrected chi connectivity index (χ0v) is 21.2. The Morgan fingerprint density at radius 1 is 1.11 bits per heavy atom. The predicted molar refractivity (Wildman–Crippen MR) is 137 cm³/mol. The van der Waals surface area contributed by atoms with Gasteiger partial charge in [0, 0.05) is 49.9 Å². The van der Waals surface area contributed by atoms with E-state index in [4.69, 9.17) is 20.8 Å². The summed E-state index contributed by atoms with van der Waals surface area (Å²) < 4.78 is 11.3. The Labute approximate surface area is 211 Å². The number of carbonyl (C=O) groups is 1. The third-order valence-corrected chi connectivity index (χ3v) is 7.45. The number of benzene rings is 2. The normalized spacial score (nSPS) is 17.1. The number of oxazole rings is 1. The van der Waals surface area contributed by atoms with Gasteiger partial charge in [-0.15, -0.1) is 0 Å². The molecule has 1 saturated carbocycles. The number of carbonyl (C=O) groups excluding carboxylic acids is 1. The molecule has 2 fully saturated rings. The molecule has 35 heavy (non-hydrogen) atoms. The Morgan fingerprint density at radius 2 is 1.94 bits per heavy atom. The molecule has 5 rings (SSSR count). The van der Waals surface area contributed by atoms with Crippen molar-refractivity contribution in [3.8, 4) is 17.1 Å². The number of aromatic nitrogens is 1. The highest BCUT2D eigenvalue weighted by Gasteiger charge is 2.46. The summed E-state index contributed by atoms with van der Waals surface area (Å²) in [5.74, 6) is 2.05. The molecule has 0 radical (unpaired) electrons. The van der Waals surface area contributed by atoms with Gasteiger partial charge in [0.1, 0.15) is 5.75 Å². The molecule has 1 aliphatic carbocycles. The molecule has 1 aliphatic heterocycles. The summed E-state index contributed by atoms with van der Waals surface area (Å²) in [6.07, 6.45) is 4.48. The number of aryl methyl sites for hydroxylation is 2. The Bertz CT molecular complexity index is 1240. The number of hydrogen-bond donors (Lipinski definition) is 1. The maximum absolute atomic E-state index is 13.2. The molecule has 0 bridgehead atoms. The number of nitrogens with zero attached hydrogens (tertiary/aromatic N) is 3. The van der Waals surface area contributed by atoms with E-state index < -0.39 is 0 Å². The van der Waals surface area contributed by atoms with Gasteiger partial charge in [-0.1, -0.05) is 23.7 Å². The Balaban J connectivity index is 1.25. The Kier molecular flexibility index (Phi) is 6.36. The van der Waals surface area contributed by atoms with E-state index in [1.54, 1.807) is 13.3 Å². The van der Waals surface area contributed by atoms with E-state index in [2.05, 4.69) is 27.3 Å². The summed E-state index contributed by atoms with van der Waals surface area (Å²) >= 11 is 6.35. The second-order valence-electron chi connectivity index (χ2n) is 9.43. The van der Waals surface area contributed by atoms with Gasteiger partial charge < -0.3 is 24.3 Å². The van der Waals surface area contributed by atoms with Gasteiger partial charge in [0.05, 0.1) is 24.4 Å². The maximum atomic E-state index is 13.2. The van der Waals surface area contributed by atoms with Crippen LogP contribution in [0, 0.1) is 13.8 Å². The van der Waals surface area contributed by atoms with Crippen LogP contribution in [-0.2, 0) is 5.54 Å². The van der Waals surface area contributed by atoms with E-state index in [0.717, 1.165) is 72.0 Å². The highest BCUT2D eigenvalue weighted by molar-refractivity contribution is 6.31. The SMILES string of the molecule is COc1cc(N2CCCN(C(=O)NC3(c4ccc(C)c(Cl)c4)CC3)CC2)ccc1-c1cnc(C)o1. The number of urea groups is 1. The van der Waals surface area contributed by atoms with Crippen LogP contribution in [0.2, 0.25) is 5.02 Å². The Hall–Kier alpha value is -3.19. The van der Waals surface area contributed by atoms with Crippen molar-refractivity contribution in [1.82, 2.24) is 15.2 Å². The van der Waals surface area contributed by atoms with E-state index in [-0.39, 0.29) is 11.6 Å². The van der Waals surface area contributed by atoms with Crippen molar-refractivity contribution in [2.45, 2.75) is 38.6 Å². The van der Waals surface area contributed by atoms with Crippen molar-refractivity contribution >= 4 is 23.3 Å². The van der Waals surface area contributed by atoms with Gasteiger partial charge in [-0.3, -0.25) is 0 Å². The van der Waals surface area contributed by atoms with Crippen LogP contribution in [0.15, 0.2) is 47.0 Å². The number of ether oxygens (including phenoxy) is 1. The number of amides is 2. The minimum absolute atomic E-state index is 0.00494. The van der Waals surface area contributed by atoms with Crippen molar-refractivity contribution in [2.75, 3.05) is 38.2 Å². The van der Waals surface area contributed by atoms with E-state index in [1.807, 2.05) is 43.0 Å². The van der Waals surface area contributed by atoms with Crippen LogP contribution in [0.1, 0.15) is 36.3 Å². The van der Waals surface area contributed by atoms with E-state index in [0.29, 0.717) is 18.2 Å². The molecular weight excluding hydrogens is 464 g/mol. The predicted octanol–water partition coefficient (Wildman–Crippen LogP) is 5.53. The smallest absolute Gasteiger partial charge is 0.318 e. The third-order valence-electron chi connectivity index (χ3n) is 7.04. The molecule has 184 valence electrons. The van der Waals surface area contributed by atoms with Crippen molar-refractivity contribution in [3.63, 3.8) is 0 Å². The molecule has 1 N–H and O–H groups in total. The second kappa shape index (κ2) is 9.46. The lowest BCUT2D eigenvalue weighted by molar-refractivity contribution is 0.196. The number of nitrogens with one attached hydrogen (secondary N) is 1. The quantitative estimate of drug-likeness (QED) is 0.505. The number of halogens is 1. The van der Waals surface area contributed by atoms with Crippen molar-refractivity contribution in [3.05, 3.63) is 64.6 Å². The first-order chi connectivity index (χ1) is 16.9. The third kappa shape index (κ3) is 4.82. The summed E-state index contributed by atoms with van der Waals surface area (Å²) in [4.78, 5) is 21.6. The average molecular weight is 495 g/mol. The lowest BCUT2D eigenvalue weighted by atomic mass is 10.0. The molecule has 1 saturated heterocycles. The molecule has 2 amide bonds. The molecule has 1 aromatic heterocycles. The highest BCUT2D eigenvalue weighted by Crippen LogP contribution is 2.46. The van der Waals surface area contributed by atoms with Gasteiger partial charge in [-0.2, -0.15) is 0 Å². The van der Waals surface area contributed by atoms with Crippen molar-refractivity contribution in [2.24, 2.45) is 0 Å². The van der Waals surface area contributed by atoms with Crippen LogP contribution in [0.3, 0.4) is 0 Å². The van der Waals surface area contributed by atoms with Crippen LogP contribution >= 0.6 is 11.6 Å². The van der Waals surface area contributed by atoms with Crippen LogP contribution < -0.4 is 15.0 Å². The first-order valence-electron chi connectivity index (χ1n) is 12.1. The molecule has 0 spiro atoms. The monoisotopic (exact) mass is 494 g/mol. The number of rotatable bonds is 5. The summed E-state index contributed by atoms with van der Waals surface area (Å²) in [5, 5.41) is 4.05. The number of anilines is 1. The number of methoxy groups -OCH3 is 1. The van der Waals surface area contributed by atoms with Crippen LogP contribution in [0.4, 0.5) is 10.5 Å². The molecule has 0 unspecified atom stereocenters. The zero-order valence-electron chi connectivity index (χ0n) is 20.4. The fraction of sp³-hybridized carbons (Fsp3) is 0.407. The van der Waals surface area contributed by atoms with Crippen molar-refractivity contribution in [1.29, 1.82) is 0 Å². The van der Waals surface area contributed by atoms with Crippen LogP contribution in [0.25, 0.3) is 11.3 Å². The molecule has 2 aliphatic rings. The Morgan fingerprint density at radius 3 is 2.63 bits per heavy atom. The molecule has 2 heterocycles. The number of hydrogen-bond acceptors (Lipinski definition) is 5. The van der Waals surface area contributed by atoms with E-state index in [1.165, 1.54) is 0 Å². The largest absolute Gasteiger partial charge is 0.496 e. The van der Waals surface area contributed by atoms with E-state index in [9.17, 15) is 4.79 Å². The van der Waals surface area contributed by atoms with Gasteiger partial charge in [-0.05, 0) is 55.5 Å². The lowest BCUT2D eigenvalue weighted by Crippen LogP contribution is -2.46. The van der Waals surface area contributed by atoms with Gasteiger partial charge in [0.2, 0.25) is 0 Å². The van der Waals surface area contributed by atoms with Gasteiger partial charge in [0.25, 0.3) is 0 Å². The topological polar surface area (TPSA) is 70.8 Å². The lowest BCUT2D eigenvalue weighted by Gasteiger charge is -2.27. The van der Waals surface area contributed by atoms with Gasteiger partial charge in [0.15, 0.2) is 11.7 Å². The molecule has 8 heteroatoms. The van der Waals surface area contributed by atoms with Crippen LogP contribution in [0.5, 0.6) is 5.75 Å². The molecular formula is C27H31ClN4O3. The first kappa shape index (κ1) is 23.5. The van der Waals surface area contributed by atoms with Gasteiger partial charge >= 0.3 is 6.03 Å². The summed E-state index contributed by atoms with van der Waals surface area (Å²) in [7, 11) is 1.66. The van der Waals surface area contributed by atoms with Crippen molar-refractivity contribution < 1.29 is 13.9 Å². The molecule has 0 atom stereocenters. The minimum atomic E-state index is -0.289. The minimum Gasteiger partial charge on any atom is -0.496 e. The summed E-state index contributed by atoms with van der Waals surface area (Å²) in [6.45, 7) is 6.81. The molecule has 3 aromatic rings. The summed E-state index contributed by atoms with van der Waals surface area (Å²) in [6, 6.07) is 12.2. The average Bonchev–Trinajstić information content (AvgIpc) is 3.57. The molecule has 2 aromatic carbocycles. The molecule has 7 nitrogen and oxygen atoms in total. The fourth-order valence-electron chi connectivity index (χ4n) is 4.73. The fourth-order valence-corrected chi connectivity index (χ4v) is 4.91. The van der Waals surface area contributed by atoms with E-state index >= 15 is 0 Å². The van der Waals surface area contributed by atoms with Crippen LogP contribution in [-0.4, -0.2) is 49.2 Å². The maximum Gasteiger partial charge on any atom is 0.318 e. The second-order valence-corrected chi connectivity index (χ2v) is 9.84. The standard InChI is InChI=1S/C27H31ClN4O3/c1-18-5-6-20(15-23(18)28)27(9-10-27)30-26(33)32-12-4-11-31(13-14-32)21-7-8-22(24(16-21)34-3)25-17-29-19(2)35-25/h5-8,15-17H,4,9-14H2,1-3H3,(H,30,33). The first-order valence-corrected chi connectivity index (χ1v) is 12.5. The highest BCUT2D eigenvalue weighted by atomic mass is 35.5. The van der Waals surface area contributed by atoms with Gasteiger partial charge in [-0.25, -0.2) is 9.78 Å². The summed E-state index contributed by atoms with van der Waals surface area (Å²) in [5.41, 5.74) is 3.79.